The van der Waals surface area contributed by atoms with Crippen LogP contribution in [0.25, 0.3) is 0 Å². The zero-order valence-electron chi connectivity index (χ0n) is 6.60. The Bertz CT molecular complexity index is 310. The number of benzene rings is 1. The van der Waals surface area contributed by atoms with Gasteiger partial charge in [-0.3, -0.25) is 4.79 Å². The molecule has 0 aliphatic heterocycles. The molecule has 0 fully saturated rings. The fourth-order valence-corrected chi connectivity index (χ4v) is 1.21. The molecule has 0 heterocycles. The lowest BCUT2D eigenvalue weighted by Gasteiger charge is -2.03. The number of aldehydes is 1. The predicted molar refractivity (Wildman–Crippen MR) is 46.2 cm³/mol. The smallest absolute Gasteiger partial charge is 0.153 e. The van der Waals surface area contributed by atoms with E-state index in [-0.39, 0.29) is 10.6 Å². The molecule has 0 amide bonds. The molecule has 1 aromatic carbocycles. The number of hydrogen-bond acceptors (Lipinski definition) is 1. The van der Waals surface area contributed by atoms with Gasteiger partial charge in [0.15, 0.2) is 12.1 Å². The zero-order chi connectivity index (χ0) is 9.14. The second-order valence-electron chi connectivity index (χ2n) is 2.41. The summed E-state index contributed by atoms with van der Waals surface area (Å²) in [7, 11) is 0. The zero-order valence-corrected chi connectivity index (χ0v) is 7.36. The van der Waals surface area contributed by atoms with Crippen LogP contribution in [0.5, 0.6) is 0 Å². The van der Waals surface area contributed by atoms with Crippen LogP contribution in [0.3, 0.4) is 0 Å². The highest BCUT2D eigenvalue weighted by Gasteiger charge is 2.09. The molecule has 0 N–H and O–H groups in total. The molecule has 0 saturated heterocycles. The van der Waals surface area contributed by atoms with Crippen molar-refractivity contribution >= 4 is 17.9 Å². The Kier molecular flexibility index (Phi) is 2.82. The lowest BCUT2D eigenvalue weighted by molar-refractivity contribution is 0.111. The molecular formula is C9H8ClFO. The Morgan fingerprint density at radius 1 is 1.58 bits per heavy atom. The number of carbonyl (C=O) groups is 1. The summed E-state index contributed by atoms with van der Waals surface area (Å²) < 4.78 is 13.1. The fourth-order valence-electron chi connectivity index (χ4n) is 1.04. The third-order valence-corrected chi connectivity index (χ3v) is 2.01. The van der Waals surface area contributed by atoms with E-state index in [1.165, 1.54) is 6.07 Å². The van der Waals surface area contributed by atoms with Crippen LogP contribution >= 0.6 is 11.6 Å². The van der Waals surface area contributed by atoms with Crippen molar-refractivity contribution in [1.29, 1.82) is 0 Å². The van der Waals surface area contributed by atoms with Crippen molar-refractivity contribution < 1.29 is 9.18 Å². The van der Waals surface area contributed by atoms with Crippen LogP contribution in [0.4, 0.5) is 4.39 Å². The normalized spacial score (nSPS) is 9.92. The minimum atomic E-state index is -0.619. The number of hydrogen-bond donors (Lipinski definition) is 0. The van der Waals surface area contributed by atoms with E-state index >= 15 is 0 Å². The second kappa shape index (κ2) is 3.68. The molecule has 0 bridgehead atoms. The van der Waals surface area contributed by atoms with E-state index in [9.17, 15) is 9.18 Å². The molecule has 0 atom stereocenters. The molecule has 0 aliphatic rings. The molecule has 0 aliphatic carbocycles. The van der Waals surface area contributed by atoms with Gasteiger partial charge in [-0.25, -0.2) is 4.39 Å². The highest BCUT2D eigenvalue weighted by molar-refractivity contribution is 6.31. The highest BCUT2D eigenvalue weighted by Crippen LogP contribution is 2.20. The quantitative estimate of drug-likeness (QED) is 0.650. The molecule has 64 valence electrons. The standard InChI is InChI=1S/C9H8ClFO/c1-2-6-3-4-8(10)9(11)7(6)5-12/h3-5H,2H2,1H3. The maximum atomic E-state index is 13.1. The van der Waals surface area contributed by atoms with Gasteiger partial charge in [-0.2, -0.15) is 0 Å². The van der Waals surface area contributed by atoms with Crippen LogP contribution in [-0.4, -0.2) is 6.29 Å². The van der Waals surface area contributed by atoms with Gasteiger partial charge in [-0.05, 0) is 18.1 Å². The van der Waals surface area contributed by atoms with Crippen LogP contribution in [0.15, 0.2) is 12.1 Å². The molecule has 0 saturated carbocycles. The SMILES string of the molecule is CCc1ccc(Cl)c(F)c1C=O. The highest BCUT2D eigenvalue weighted by atomic mass is 35.5. The minimum absolute atomic E-state index is 0.00528. The van der Waals surface area contributed by atoms with Crippen molar-refractivity contribution in [2.24, 2.45) is 0 Å². The van der Waals surface area contributed by atoms with Crippen LogP contribution in [-0.2, 0) is 6.42 Å². The number of carbonyl (C=O) groups excluding carboxylic acids is 1. The van der Waals surface area contributed by atoms with Crippen LogP contribution in [0.2, 0.25) is 5.02 Å². The number of rotatable bonds is 2. The van der Waals surface area contributed by atoms with Gasteiger partial charge in [0, 0.05) is 0 Å². The lowest BCUT2D eigenvalue weighted by atomic mass is 10.1. The second-order valence-corrected chi connectivity index (χ2v) is 2.81. The van der Waals surface area contributed by atoms with Gasteiger partial charge in [-0.15, -0.1) is 0 Å². The Labute approximate surface area is 75.2 Å². The van der Waals surface area contributed by atoms with Crippen molar-refractivity contribution in [3.63, 3.8) is 0 Å². The third-order valence-electron chi connectivity index (χ3n) is 1.72. The van der Waals surface area contributed by atoms with E-state index in [4.69, 9.17) is 11.6 Å². The molecule has 12 heavy (non-hydrogen) atoms. The molecule has 0 spiro atoms. The molecule has 0 aromatic heterocycles. The summed E-state index contributed by atoms with van der Waals surface area (Å²) in [4.78, 5) is 10.5. The van der Waals surface area contributed by atoms with E-state index in [0.29, 0.717) is 18.3 Å². The summed E-state index contributed by atoms with van der Waals surface area (Å²) in [6, 6.07) is 3.12. The van der Waals surface area contributed by atoms with Gasteiger partial charge in [0.1, 0.15) is 0 Å². The van der Waals surface area contributed by atoms with Gasteiger partial charge in [0.2, 0.25) is 0 Å². The van der Waals surface area contributed by atoms with Crippen LogP contribution in [0.1, 0.15) is 22.8 Å². The van der Waals surface area contributed by atoms with Crippen molar-refractivity contribution in [1.82, 2.24) is 0 Å². The first-order valence-corrected chi connectivity index (χ1v) is 4.00. The Balaban J connectivity index is 3.35. The molecular weight excluding hydrogens is 179 g/mol. The average molecular weight is 187 g/mol. The first-order valence-electron chi connectivity index (χ1n) is 3.62. The summed E-state index contributed by atoms with van der Waals surface area (Å²) in [5, 5.41) is -0.00528. The predicted octanol–water partition coefficient (Wildman–Crippen LogP) is 2.85. The number of halogens is 2. The molecule has 0 radical (unpaired) electrons. The van der Waals surface area contributed by atoms with Crippen LogP contribution < -0.4 is 0 Å². The maximum absolute atomic E-state index is 13.1. The lowest BCUT2D eigenvalue weighted by Crippen LogP contribution is -1.95. The number of aryl methyl sites for hydroxylation is 1. The van der Waals surface area contributed by atoms with E-state index in [0.717, 1.165) is 0 Å². The molecule has 0 unspecified atom stereocenters. The molecule has 3 heteroatoms. The van der Waals surface area contributed by atoms with Crippen molar-refractivity contribution in [3.8, 4) is 0 Å². The van der Waals surface area contributed by atoms with Gasteiger partial charge in [-0.1, -0.05) is 24.6 Å². The first-order chi connectivity index (χ1) is 5.70. The fraction of sp³-hybridized carbons (Fsp3) is 0.222. The summed E-state index contributed by atoms with van der Waals surface area (Å²) >= 11 is 5.49. The summed E-state index contributed by atoms with van der Waals surface area (Å²) in [6.07, 6.45) is 1.13. The maximum Gasteiger partial charge on any atom is 0.153 e. The summed E-state index contributed by atoms with van der Waals surface area (Å²) in [5.41, 5.74) is 0.761. The Morgan fingerprint density at radius 3 is 2.75 bits per heavy atom. The van der Waals surface area contributed by atoms with Crippen molar-refractivity contribution in [2.45, 2.75) is 13.3 Å². The first kappa shape index (κ1) is 9.20. The van der Waals surface area contributed by atoms with Gasteiger partial charge < -0.3 is 0 Å². The molecule has 1 rings (SSSR count). The van der Waals surface area contributed by atoms with Crippen molar-refractivity contribution in [3.05, 3.63) is 34.1 Å². The summed E-state index contributed by atoms with van der Waals surface area (Å²) in [5.74, 6) is -0.619. The van der Waals surface area contributed by atoms with Gasteiger partial charge in [0.05, 0.1) is 10.6 Å². The van der Waals surface area contributed by atoms with E-state index < -0.39 is 5.82 Å². The van der Waals surface area contributed by atoms with Gasteiger partial charge >= 0.3 is 0 Å². The average Bonchev–Trinajstić information content (AvgIpc) is 2.09. The summed E-state index contributed by atoms with van der Waals surface area (Å²) in [6.45, 7) is 1.86. The van der Waals surface area contributed by atoms with E-state index in [1.54, 1.807) is 6.07 Å². The van der Waals surface area contributed by atoms with Crippen molar-refractivity contribution in [2.75, 3.05) is 0 Å². The monoisotopic (exact) mass is 186 g/mol. The minimum Gasteiger partial charge on any atom is -0.298 e. The largest absolute Gasteiger partial charge is 0.298 e. The topological polar surface area (TPSA) is 17.1 Å². The third kappa shape index (κ3) is 1.48. The van der Waals surface area contributed by atoms with Gasteiger partial charge in [0.25, 0.3) is 0 Å². The van der Waals surface area contributed by atoms with E-state index in [1.807, 2.05) is 6.92 Å². The van der Waals surface area contributed by atoms with E-state index in [2.05, 4.69) is 0 Å². The Hall–Kier alpha value is -0.890. The Morgan fingerprint density at radius 2 is 2.25 bits per heavy atom. The van der Waals surface area contributed by atoms with Crippen LogP contribution in [0, 0.1) is 5.82 Å². The molecule has 1 nitrogen and oxygen atoms in total. The molecule has 1 aromatic rings.